The maximum Gasteiger partial charge on any atom is 0.408 e. The predicted octanol–water partition coefficient (Wildman–Crippen LogP) is 2.88. The van der Waals surface area contributed by atoms with Gasteiger partial charge in [-0.2, -0.15) is 0 Å². The van der Waals surface area contributed by atoms with Gasteiger partial charge < -0.3 is 14.8 Å². The summed E-state index contributed by atoms with van der Waals surface area (Å²) in [5, 5.41) is 2.50. The van der Waals surface area contributed by atoms with Crippen molar-refractivity contribution >= 4 is 17.8 Å². The molecule has 1 amide bonds. The lowest BCUT2D eigenvalue weighted by molar-refractivity contribution is 0.0495. The third-order valence-electron chi connectivity index (χ3n) is 3.13. The lowest BCUT2D eigenvalue weighted by Crippen LogP contribution is -2.42. The molecule has 1 atom stereocenters. The predicted molar refractivity (Wildman–Crippen MR) is 85.7 cm³/mol. The molecule has 0 aliphatic rings. The number of alkyl carbamates (subject to hydrolysis) is 1. The average molecular weight is 321 g/mol. The van der Waals surface area contributed by atoms with Crippen LogP contribution in [0.3, 0.4) is 0 Å². The van der Waals surface area contributed by atoms with Gasteiger partial charge in [-0.3, -0.25) is 4.79 Å². The number of carbonyl (C=O) groups excluding carboxylic acids is 3. The summed E-state index contributed by atoms with van der Waals surface area (Å²) in [5.74, 6) is -0.816. The summed E-state index contributed by atoms with van der Waals surface area (Å²) in [6.45, 7) is 8.45. The number of ketones is 1. The van der Waals surface area contributed by atoms with Crippen LogP contribution in [0.4, 0.5) is 4.79 Å². The van der Waals surface area contributed by atoms with E-state index in [9.17, 15) is 14.4 Å². The standard InChI is InChI=1S/C17H23NO5/c1-10-12(8-7-9-13(10)15(20)22-6)14(19)11(2)18-16(21)23-17(3,4)5/h7-9,11H,1-6H3,(H,18,21). The van der Waals surface area contributed by atoms with Crippen LogP contribution in [0.1, 0.15) is 54.0 Å². The molecule has 0 radical (unpaired) electrons. The number of benzene rings is 1. The number of rotatable bonds is 4. The van der Waals surface area contributed by atoms with Gasteiger partial charge in [0.25, 0.3) is 0 Å². The maximum absolute atomic E-state index is 12.5. The molecule has 23 heavy (non-hydrogen) atoms. The molecule has 1 rings (SSSR count). The fraction of sp³-hybridized carbons (Fsp3) is 0.471. The quantitative estimate of drug-likeness (QED) is 0.681. The summed E-state index contributed by atoms with van der Waals surface area (Å²) in [5.41, 5.74) is 0.551. The van der Waals surface area contributed by atoms with Gasteiger partial charge in [0.1, 0.15) is 5.60 Å². The van der Waals surface area contributed by atoms with Crippen molar-refractivity contribution in [1.82, 2.24) is 5.32 Å². The molecule has 1 aromatic rings. The molecule has 1 N–H and O–H groups in total. The van der Waals surface area contributed by atoms with Crippen LogP contribution in [-0.2, 0) is 9.47 Å². The first-order valence-electron chi connectivity index (χ1n) is 7.28. The van der Waals surface area contributed by atoms with Gasteiger partial charge in [-0.15, -0.1) is 0 Å². The van der Waals surface area contributed by atoms with Crippen LogP contribution in [0.25, 0.3) is 0 Å². The minimum absolute atomic E-state index is 0.306. The first-order chi connectivity index (χ1) is 10.6. The molecule has 0 saturated heterocycles. The van der Waals surface area contributed by atoms with Crippen LogP contribution < -0.4 is 5.32 Å². The second-order valence-corrected chi connectivity index (χ2v) is 6.20. The van der Waals surface area contributed by atoms with E-state index < -0.39 is 23.7 Å². The van der Waals surface area contributed by atoms with Crippen LogP contribution in [0.2, 0.25) is 0 Å². The number of ether oxygens (including phenoxy) is 2. The Morgan fingerprint density at radius 2 is 1.70 bits per heavy atom. The zero-order chi connectivity index (χ0) is 17.8. The van der Waals surface area contributed by atoms with Crippen molar-refractivity contribution < 1.29 is 23.9 Å². The van der Waals surface area contributed by atoms with E-state index in [1.165, 1.54) is 7.11 Å². The van der Waals surface area contributed by atoms with Crippen LogP contribution in [0, 0.1) is 6.92 Å². The number of methoxy groups -OCH3 is 1. The summed E-state index contributed by atoms with van der Waals surface area (Å²) in [7, 11) is 1.28. The summed E-state index contributed by atoms with van der Waals surface area (Å²) >= 11 is 0. The molecule has 0 saturated carbocycles. The molecule has 6 heteroatoms. The molecule has 1 aromatic carbocycles. The fourth-order valence-corrected chi connectivity index (χ4v) is 2.02. The zero-order valence-electron chi connectivity index (χ0n) is 14.4. The molecule has 0 heterocycles. The van der Waals surface area contributed by atoms with Gasteiger partial charge in [0.05, 0.1) is 18.7 Å². The van der Waals surface area contributed by atoms with E-state index in [1.807, 2.05) is 0 Å². The monoisotopic (exact) mass is 321 g/mol. The normalized spacial score (nSPS) is 12.3. The van der Waals surface area contributed by atoms with Gasteiger partial charge in [0.2, 0.25) is 0 Å². The smallest absolute Gasteiger partial charge is 0.408 e. The van der Waals surface area contributed by atoms with Crippen LogP contribution in [0.15, 0.2) is 18.2 Å². The molecular formula is C17H23NO5. The molecule has 0 aliphatic carbocycles. The number of hydrogen-bond donors (Lipinski definition) is 1. The van der Waals surface area contributed by atoms with E-state index in [0.717, 1.165) is 0 Å². The molecule has 6 nitrogen and oxygen atoms in total. The number of nitrogens with one attached hydrogen (secondary N) is 1. The van der Waals surface area contributed by atoms with Crippen molar-refractivity contribution in [2.45, 2.75) is 46.3 Å². The molecular weight excluding hydrogens is 298 g/mol. The van der Waals surface area contributed by atoms with Gasteiger partial charge in [-0.1, -0.05) is 12.1 Å². The number of carbonyl (C=O) groups is 3. The lowest BCUT2D eigenvalue weighted by atomic mass is 9.96. The average Bonchev–Trinajstić information content (AvgIpc) is 2.43. The number of esters is 1. The highest BCUT2D eigenvalue weighted by Gasteiger charge is 2.24. The van der Waals surface area contributed by atoms with Gasteiger partial charge in [-0.05, 0) is 46.2 Å². The van der Waals surface area contributed by atoms with Crippen LogP contribution in [0.5, 0.6) is 0 Å². The zero-order valence-corrected chi connectivity index (χ0v) is 14.4. The van der Waals surface area contributed by atoms with Crippen molar-refractivity contribution in [1.29, 1.82) is 0 Å². The Balaban J connectivity index is 2.93. The van der Waals surface area contributed by atoms with E-state index in [0.29, 0.717) is 16.7 Å². The molecule has 0 aromatic heterocycles. The van der Waals surface area contributed by atoms with Crippen molar-refractivity contribution in [2.75, 3.05) is 7.11 Å². The van der Waals surface area contributed by atoms with E-state index >= 15 is 0 Å². The Kier molecular flexibility index (Phi) is 5.90. The molecule has 126 valence electrons. The Morgan fingerprint density at radius 1 is 1.13 bits per heavy atom. The van der Waals surface area contributed by atoms with Crippen molar-refractivity contribution in [2.24, 2.45) is 0 Å². The van der Waals surface area contributed by atoms with E-state index in [4.69, 9.17) is 9.47 Å². The van der Waals surface area contributed by atoms with Crippen molar-refractivity contribution in [3.8, 4) is 0 Å². The summed E-state index contributed by atoms with van der Waals surface area (Å²) in [6, 6.07) is 4.02. The third-order valence-corrected chi connectivity index (χ3v) is 3.13. The highest BCUT2D eigenvalue weighted by Crippen LogP contribution is 2.17. The van der Waals surface area contributed by atoms with E-state index in [2.05, 4.69) is 5.32 Å². The second kappa shape index (κ2) is 7.26. The second-order valence-electron chi connectivity index (χ2n) is 6.20. The fourth-order valence-electron chi connectivity index (χ4n) is 2.02. The van der Waals surface area contributed by atoms with Gasteiger partial charge in [0, 0.05) is 5.56 Å². The Labute approximate surface area is 136 Å². The highest BCUT2D eigenvalue weighted by atomic mass is 16.6. The Hall–Kier alpha value is -2.37. The van der Waals surface area contributed by atoms with Crippen molar-refractivity contribution in [3.05, 3.63) is 34.9 Å². The van der Waals surface area contributed by atoms with E-state index in [1.54, 1.807) is 52.8 Å². The van der Waals surface area contributed by atoms with Crippen LogP contribution in [-0.4, -0.2) is 36.6 Å². The first kappa shape index (κ1) is 18.7. The largest absolute Gasteiger partial charge is 0.465 e. The van der Waals surface area contributed by atoms with E-state index in [-0.39, 0.29) is 5.78 Å². The SMILES string of the molecule is COC(=O)c1cccc(C(=O)C(C)NC(=O)OC(C)(C)C)c1C. The highest BCUT2D eigenvalue weighted by molar-refractivity contribution is 6.04. The minimum atomic E-state index is -0.781. The van der Waals surface area contributed by atoms with Crippen molar-refractivity contribution in [3.63, 3.8) is 0 Å². The maximum atomic E-state index is 12.5. The van der Waals surface area contributed by atoms with Gasteiger partial charge in [0.15, 0.2) is 5.78 Å². The number of hydrogen-bond acceptors (Lipinski definition) is 5. The summed E-state index contributed by atoms with van der Waals surface area (Å²) in [4.78, 5) is 35.9. The molecule has 1 unspecified atom stereocenters. The first-order valence-corrected chi connectivity index (χ1v) is 7.28. The third kappa shape index (κ3) is 5.09. The van der Waals surface area contributed by atoms with Gasteiger partial charge in [-0.25, -0.2) is 9.59 Å². The molecule has 0 fully saturated rings. The lowest BCUT2D eigenvalue weighted by Gasteiger charge is -2.22. The van der Waals surface area contributed by atoms with Crippen LogP contribution >= 0.6 is 0 Å². The van der Waals surface area contributed by atoms with Gasteiger partial charge >= 0.3 is 12.1 Å². The summed E-state index contributed by atoms with van der Waals surface area (Å²) < 4.78 is 9.82. The molecule has 0 aliphatic heterocycles. The number of Topliss-reactive ketones (excluding diaryl/α,β-unsaturated/α-hetero) is 1. The number of amides is 1. The Morgan fingerprint density at radius 3 is 2.22 bits per heavy atom. The topological polar surface area (TPSA) is 81.7 Å². The minimum Gasteiger partial charge on any atom is -0.465 e. The molecule has 0 spiro atoms. The Bertz CT molecular complexity index is 616. The molecule has 0 bridgehead atoms. The summed E-state index contributed by atoms with van der Waals surface area (Å²) in [6.07, 6.45) is -0.667.